The van der Waals surface area contributed by atoms with Gasteiger partial charge in [-0.2, -0.15) is 0 Å². The van der Waals surface area contributed by atoms with Crippen molar-refractivity contribution in [1.29, 1.82) is 0 Å². The molecule has 2 atom stereocenters. The molecule has 0 radical (unpaired) electrons. The second-order valence-electron chi connectivity index (χ2n) is 7.62. The molecule has 2 aliphatic rings. The van der Waals surface area contributed by atoms with Crippen LogP contribution >= 0.6 is 0 Å². The Morgan fingerprint density at radius 2 is 1.74 bits per heavy atom. The van der Waals surface area contributed by atoms with Crippen molar-refractivity contribution in [2.24, 2.45) is 17.6 Å². The molecule has 2 heterocycles. The summed E-state index contributed by atoms with van der Waals surface area (Å²) in [5.74, 6) is -0.775. The number of fused-ring (bicyclic) bond motifs is 2. The molecule has 4 rings (SSSR count). The number of sulfone groups is 1. The average Bonchev–Trinajstić information content (AvgIpc) is 3.06. The predicted octanol–water partition coefficient (Wildman–Crippen LogP) is 1.70. The van der Waals surface area contributed by atoms with Crippen molar-refractivity contribution in [2.45, 2.75) is 24.9 Å². The highest BCUT2D eigenvalue weighted by atomic mass is 32.2. The van der Waals surface area contributed by atoms with E-state index in [1.54, 1.807) is 24.5 Å². The molecule has 1 saturated heterocycles. The lowest BCUT2D eigenvalue weighted by Crippen LogP contribution is -2.58. The zero-order valence-electron chi connectivity index (χ0n) is 14.7. The molecule has 2 unspecified atom stereocenters. The minimum atomic E-state index is -3.09. The van der Waals surface area contributed by atoms with Gasteiger partial charge in [-0.05, 0) is 42.4 Å². The molecule has 144 valence electrons. The number of halogens is 1. The first-order valence-electron chi connectivity index (χ1n) is 9.02. The van der Waals surface area contributed by atoms with Crippen molar-refractivity contribution < 1.29 is 17.6 Å². The largest absolute Gasteiger partial charge is 0.366 e. The maximum Gasteiger partial charge on any atom is 0.253 e. The molecule has 1 amide bonds. The summed E-state index contributed by atoms with van der Waals surface area (Å²) in [4.78, 5) is 15.9. The van der Waals surface area contributed by atoms with Gasteiger partial charge in [0, 0.05) is 30.0 Å². The summed E-state index contributed by atoms with van der Waals surface area (Å²) in [6.45, 7) is 0. The molecule has 2 bridgehead atoms. The quantitative estimate of drug-likeness (QED) is 0.741. The van der Waals surface area contributed by atoms with Crippen molar-refractivity contribution in [3.05, 3.63) is 48.0 Å². The Labute approximate surface area is 157 Å². The third kappa shape index (κ3) is 3.64. The van der Waals surface area contributed by atoms with Crippen LogP contribution in [-0.4, -0.2) is 42.9 Å². The highest BCUT2D eigenvalue weighted by molar-refractivity contribution is 7.91. The Bertz CT molecular complexity index is 933. The number of carbonyl (C=O) groups excluding carboxylic acids is 1. The van der Waals surface area contributed by atoms with Crippen LogP contribution in [0.25, 0.3) is 11.1 Å². The van der Waals surface area contributed by atoms with Gasteiger partial charge in [0.2, 0.25) is 0 Å². The number of nitrogens with one attached hydrogen (secondary N) is 2. The van der Waals surface area contributed by atoms with Crippen LogP contribution in [0, 0.1) is 17.7 Å². The number of nitrogens with two attached hydrogens (primary N) is 1. The van der Waals surface area contributed by atoms with E-state index >= 15 is 0 Å². The highest BCUT2D eigenvalue weighted by Crippen LogP contribution is 2.36. The van der Waals surface area contributed by atoms with Crippen LogP contribution in [0.4, 0.5) is 4.39 Å². The first-order valence-corrected chi connectivity index (χ1v) is 10.8. The lowest BCUT2D eigenvalue weighted by atomic mass is 9.75. The molecule has 1 aliphatic heterocycles. The highest BCUT2D eigenvalue weighted by Gasteiger charge is 2.45. The second kappa shape index (κ2) is 6.76. The van der Waals surface area contributed by atoms with Gasteiger partial charge < -0.3 is 16.0 Å². The summed E-state index contributed by atoms with van der Waals surface area (Å²) in [5, 5.41) is 3.05. The van der Waals surface area contributed by atoms with Gasteiger partial charge in [0.1, 0.15) is 5.82 Å². The molecule has 6 nitrogen and oxygen atoms in total. The van der Waals surface area contributed by atoms with Gasteiger partial charge in [-0.3, -0.25) is 4.79 Å². The van der Waals surface area contributed by atoms with Crippen LogP contribution in [0.5, 0.6) is 0 Å². The molecular weight excluding hydrogens is 369 g/mol. The number of benzene rings is 1. The monoisotopic (exact) mass is 391 g/mol. The molecule has 4 N–H and O–H groups in total. The first kappa shape index (κ1) is 18.2. The van der Waals surface area contributed by atoms with E-state index in [0.29, 0.717) is 24.0 Å². The molecule has 27 heavy (non-hydrogen) atoms. The van der Waals surface area contributed by atoms with Gasteiger partial charge in [-0.25, -0.2) is 12.8 Å². The Kier molecular flexibility index (Phi) is 4.55. The van der Waals surface area contributed by atoms with Gasteiger partial charge in [0.05, 0.1) is 17.1 Å². The maximum atomic E-state index is 13.2. The fourth-order valence-corrected chi connectivity index (χ4v) is 6.63. The molecule has 2 aromatic rings. The molecule has 0 spiro atoms. The molecule has 2 fully saturated rings. The topological polar surface area (TPSA) is 105 Å². The van der Waals surface area contributed by atoms with Crippen LogP contribution in [-0.2, 0) is 9.84 Å². The number of hydrogen-bond donors (Lipinski definition) is 3. The van der Waals surface area contributed by atoms with E-state index in [-0.39, 0.29) is 47.1 Å². The van der Waals surface area contributed by atoms with Crippen molar-refractivity contribution in [3.8, 4) is 11.1 Å². The van der Waals surface area contributed by atoms with Crippen molar-refractivity contribution >= 4 is 15.7 Å². The van der Waals surface area contributed by atoms with Gasteiger partial charge in [-0.1, -0.05) is 12.1 Å². The third-order valence-electron chi connectivity index (χ3n) is 5.61. The molecule has 8 heteroatoms. The van der Waals surface area contributed by atoms with E-state index < -0.39 is 9.84 Å². The Balaban J connectivity index is 1.57. The number of aromatic amines is 1. The van der Waals surface area contributed by atoms with E-state index in [1.807, 2.05) is 0 Å². The van der Waals surface area contributed by atoms with E-state index in [2.05, 4.69) is 10.3 Å². The normalized spacial score (nSPS) is 29.3. The van der Waals surface area contributed by atoms with Crippen LogP contribution in [0.2, 0.25) is 0 Å². The van der Waals surface area contributed by atoms with Gasteiger partial charge >= 0.3 is 0 Å². The zero-order valence-corrected chi connectivity index (χ0v) is 15.5. The summed E-state index contributed by atoms with van der Waals surface area (Å²) < 4.78 is 37.4. The second-order valence-corrected chi connectivity index (χ2v) is 9.77. The lowest BCUT2D eigenvalue weighted by molar-refractivity contribution is 0.0867. The molecule has 1 aromatic heterocycles. The standard InChI is InChI=1S/C19H22FN3O3S/c20-14-3-1-11(2-4-14)16-7-22-8-17(16)19(24)23-18-12-5-15(21)6-13(18)10-27(25,26)9-12/h1-4,7-8,12-13,15,18,22H,5-6,9-10,21H2,(H,23,24). The average molecular weight is 391 g/mol. The summed E-state index contributed by atoms with van der Waals surface area (Å²) in [6, 6.07) is 5.72. The summed E-state index contributed by atoms with van der Waals surface area (Å²) in [5.41, 5.74) is 7.94. The molecule has 1 aromatic carbocycles. The van der Waals surface area contributed by atoms with E-state index in [1.165, 1.54) is 12.1 Å². The van der Waals surface area contributed by atoms with Gasteiger partial charge in [0.25, 0.3) is 5.91 Å². The van der Waals surface area contributed by atoms with Crippen LogP contribution in [0.1, 0.15) is 23.2 Å². The number of rotatable bonds is 3. The van der Waals surface area contributed by atoms with Crippen molar-refractivity contribution in [1.82, 2.24) is 10.3 Å². The van der Waals surface area contributed by atoms with Crippen molar-refractivity contribution in [3.63, 3.8) is 0 Å². The van der Waals surface area contributed by atoms with E-state index in [9.17, 15) is 17.6 Å². The zero-order chi connectivity index (χ0) is 19.2. The summed E-state index contributed by atoms with van der Waals surface area (Å²) >= 11 is 0. The first-order chi connectivity index (χ1) is 12.8. The number of carbonyl (C=O) groups is 1. The van der Waals surface area contributed by atoms with Gasteiger partial charge in [0.15, 0.2) is 9.84 Å². The van der Waals surface area contributed by atoms with E-state index in [4.69, 9.17) is 5.73 Å². The summed E-state index contributed by atoms with van der Waals surface area (Å²) in [6.07, 6.45) is 4.50. The molecule has 1 saturated carbocycles. The third-order valence-corrected chi connectivity index (χ3v) is 7.48. The van der Waals surface area contributed by atoms with Crippen LogP contribution in [0.3, 0.4) is 0 Å². The smallest absolute Gasteiger partial charge is 0.253 e. The number of amides is 1. The number of aromatic nitrogens is 1. The van der Waals surface area contributed by atoms with Crippen LogP contribution in [0.15, 0.2) is 36.7 Å². The summed E-state index contributed by atoms with van der Waals surface area (Å²) in [7, 11) is -3.09. The fourth-order valence-electron chi connectivity index (χ4n) is 4.50. The predicted molar refractivity (Wildman–Crippen MR) is 100 cm³/mol. The number of H-pyrrole nitrogens is 1. The SMILES string of the molecule is NC1CC2CS(=O)(=O)CC(C1)C2NC(=O)c1c[nH]cc1-c1ccc(F)cc1. The van der Waals surface area contributed by atoms with Crippen molar-refractivity contribution in [2.75, 3.05) is 11.5 Å². The fraction of sp³-hybridized carbons (Fsp3) is 0.421. The van der Waals surface area contributed by atoms with E-state index in [0.717, 1.165) is 5.56 Å². The Hall–Kier alpha value is -2.19. The molecule has 1 aliphatic carbocycles. The number of hydrogen-bond acceptors (Lipinski definition) is 4. The molecular formula is C19H22FN3O3S. The minimum Gasteiger partial charge on any atom is -0.366 e. The minimum absolute atomic E-state index is 0.0225. The Morgan fingerprint density at radius 3 is 2.37 bits per heavy atom. The van der Waals surface area contributed by atoms with Gasteiger partial charge in [-0.15, -0.1) is 0 Å². The lowest BCUT2D eigenvalue weighted by Gasteiger charge is -2.44. The van der Waals surface area contributed by atoms with Crippen LogP contribution < -0.4 is 11.1 Å². The maximum absolute atomic E-state index is 13.2. The Morgan fingerprint density at radius 1 is 1.11 bits per heavy atom.